The number of esters is 1. The molecule has 5 heteroatoms. The molecule has 1 aliphatic rings. The Morgan fingerprint density at radius 3 is 2.68 bits per heavy atom. The van der Waals surface area contributed by atoms with Crippen LogP contribution in [0.4, 0.5) is 0 Å². The van der Waals surface area contributed by atoms with Crippen molar-refractivity contribution in [3.8, 4) is 6.07 Å². The molecule has 116 valence electrons. The zero-order valence-electron chi connectivity index (χ0n) is 12.6. The van der Waals surface area contributed by atoms with Gasteiger partial charge in [-0.15, -0.1) is 0 Å². The lowest BCUT2D eigenvalue weighted by Gasteiger charge is -2.29. The summed E-state index contributed by atoms with van der Waals surface area (Å²) in [6, 6.07) is 11.5. The van der Waals surface area contributed by atoms with E-state index in [0.29, 0.717) is 19.4 Å². The normalized spacial score (nSPS) is 22.1. The molecule has 0 bridgehead atoms. The highest BCUT2D eigenvalue weighted by Crippen LogP contribution is 2.35. The maximum Gasteiger partial charge on any atom is 0.303 e. The van der Waals surface area contributed by atoms with Crippen LogP contribution in [0.15, 0.2) is 30.3 Å². The van der Waals surface area contributed by atoms with E-state index < -0.39 is 17.7 Å². The number of nitriles is 1. The molecule has 0 spiro atoms. The zero-order valence-corrected chi connectivity index (χ0v) is 12.6. The molecular weight excluding hydrogens is 282 g/mol. The number of carbonyl (C=O) groups is 2. The van der Waals surface area contributed by atoms with Gasteiger partial charge in [0, 0.05) is 19.8 Å². The van der Waals surface area contributed by atoms with Gasteiger partial charge in [-0.3, -0.25) is 9.59 Å². The topological polar surface area (TPSA) is 76.4 Å². The average molecular weight is 301 g/mol. The second-order valence-electron chi connectivity index (χ2n) is 5.48. The molecule has 0 radical (unpaired) electrons. The van der Waals surface area contributed by atoms with Crippen LogP contribution in [0, 0.1) is 11.3 Å². The Morgan fingerprint density at radius 2 is 2.14 bits per heavy atom. The molecule has 0 aliphatic heterocycles. The van der Waals surface area contributed by atoms with Crippen molar-refractivity contribution in [2.24, 2.45) is 0 Å². The van der Waals surface area contributed by atoms with E-state index in [9.17, 15) is 9.59 Å². The Labute approximate surface area is 129 Å². The summed E-state index contributed by atoms with van der Waals surface area (Å²) in [6.45, 7) is 1.54. The number of Topliss-reactive ketones (excluding diaryl/α,β-unsaturated/α-hetero) is 1. The average Bonchev–Trinajstić information content (AvgIpc) is 2.86. The minimum Gasteiger partial charge on any atom is -0.447 e. The quantitative estimate of drug-likeness (QED) is 0.755. The summed E-state index contributed by atoms with van der Waals surface area (Å²) in [5.74, 6) is -0.550. The summed E-state index contributed by atoms with van der Waals surface area (Å²) < 4.78 is 10.9. The Morgan fingerprint density at radius 1 is 1.41 bits per heavy atom. The van der Waals surface area contributed by atoms with Crippen LogP contribution in [0.1, 0.15) is 38.2 Å². The van der Waals surface area contributed by atoms with Gasteiger partial charge in [-0.2, -0.15) is 5.26 Å². The van der Waals surface area contributed by atoms with Gasteiger partial charge < -0.3 is 9.47 Å². The number of benzene rings is 1. The molecule has 0 heterocycles. The summed E-state index contributed by atoms with van der Waals surface area (Å²) in [7, 11) is 0. The minimum absolute atomic E-state index is 0.0177. The molecule has 2 rings (SSSR count). The summed E-state index contributed by atoms with van der Waals surface area (Å²) in [5.41, 5.74) is -0.0614. The van der Waals surface area contributed by atoms with Gasteiger partial charge in [-0.1, -0.05) is 30.3 Å². The highest BCUT2D eigenvalue weighted by atomic mass is 16.5. The molecule has 0 unspecified atom stereocenters. The first-order valence-electron chi connectivity index (χ1n) is 7.34. The van der Waals surface area contributed by atoms with Gasteiger partial charge in [0.2, 0.25) is 0 Å². The Kier molecular flexibility index (Phi) is 5.29. The predicted molar refractivity (Wildman–Crippen MR) is 78.6 cm³/mol. The Hall–Kier alpha value is -2.19. The van der Waals surface area contributed by atoms with Gasteiger partial charge in [-0.05, 0) is 18.4 Å². The standard InChI is InChI=1S/C17H19NO4/c1-13(19)22-15(11-18)10-17(9-5-8-16(17)20)21-12-14-6-3-2-4-7-14/h2-4,6-7,15H,5,8-10,12H2,1H3/t15-,17-/m1/s1. The van der Waals surface area contributed by atoms with E-state index in [-0.39, 0.29) is 12.2 Å². The fraction of sp³-hybridized carbons (Fsp3) is 0.471. The predicted octanol–water partition coefficient (Wildman–Crippen LogP) is 2.54. The summed E-state index contributed by atoms with van der Waals surface area (Å²) in [6.07, 6.45) is 0.849. The Balaban J connectivity index is 2.09. The van der Waals surface area contributed by atoms with Crippen molar-refractivity contribution in [2.45, 2.75) is 50.9 Å². The zero-order chi connectivity index (χ0) is 16.0. The molecular formula is C17H19NO4. The molecule has 22 heavy (non-hydrogen) atoms. The number of carbonyl (C=O) groups excluding carboxylic acids is 2. The molecule has 1 fully saturated rings. The molecule has 0 aromatic heterocycles. The lowest BCUT2D eigenvalue weighted by Crippen LogP contribution is -2.41. The molecule has 2 atom stereocenters. The third kappa shape index (κ3) is 3.92. The third-order valence-corrected chi connectivity index (χ3v) is 3.82. The fourth-order valence-corrected chi connectivity index (χ4v) is 2.74. The summed E-state index contributed by atoms with van der Waals surface area (Å²) in [4.78, 5) is 23.3. The first kappa shape index (κ1) is 16.2. The van der Waals surface area contributed by atoms with Crippen LogP contribution < -0.4 is 0 Å². The van der Waals surface area contributed by atoms with Gasteiger partial charge in [0.05, 0.1) is 6.61 Å². The first-order chi connectivity index (χ1) is 10.6. The maximum absolute atomic E-state index is 12.3. The van der Waals surface area contributed by atoms with E-state index in [0.717, 1.165) is 12.0 Å². The fourth-order valence-electron chi connectivity index (χ4n) is 2.74. The van der Waals surface area contributed by atoms with Crippen LogP contribution in [-0.2, 0) is 25.7 Å². The molecule has 0 amide bonds. The van der Waals surface area contributed by atoms with Gasteiger partial charge in [0.25, 0.3) is 0 Å². The van der Waals surface area contributed by atoms with Crippen molar-refractivity contribution in [1.29, 1.82) is 5.26 Å². The van der Waals surface area contributed by atoms with Gasteiger partial charge in [-0.25, -0.2) is 0 Å². The number of rotatable bonds is 6. The van der Waals surface area contributed by atoms with Crippen LogP contribution in [0.5, 0.6) is 0 Å². The van der Waals surface area contributed by atoms with Gasteiger partial charge >= 0.3 is 5.97 Å². The number of ketones is 1. The number of ether oxygens (including phenoxy) is 2. The third-order valence-electron chi connectivity index (χ3n) is 3.82. The smallest absolute Gasteiger partial charge is 0.303 e. The van der Waals surface area contributed by atoms with E-state index in [1.807, 2.05) is 36.4 Å². The first-order valence-corrected chi connectivity index (χ1v) is 7.34. The minimum atomic E-state index is -1.02. The van der Waals surface area contributed by atoms with E-state index in [1.165, 1.54) is 6.92 Å². The van der Waals surface area contributed by atoms with Gasteiger partial charge in [0.15, 0.2) is 11.9 Å². The van der Waals surface area contributed by atoms with Crippen LogP contribution >= 0.6 is 0 Å². The molecule has 5 nitrogen and oxygen atoms in total. The number of hydrogen-bond acceptors (Lipinski definition) is 5. The number of hydrogen-bond donors (Lipinski definition) is 0. The maximum atomic E-state index is 12.3. The highest BCUT2D eigenvalue weighted by molar-refractivity contribution is 5.89. The second kappa shape index (κ2) is 7.19. The van der Waals surface area contributed by atoms with E-state index >= 15 is 0 Å². The van der Waals surface area contributed by atoms with Crippen LogP contribution in [0.25, 0.3) is 0 Å². The van der Waals surface area contributed by atoms with Crippen molar-refractivity contribution < 1.29 is 19.1 Å². The SMILES string of the molecule is CC(=O)O[C@@H](C#N)C[C@]1(OCc2ccccc2)CCCC1=O. The van der Waals surface area contributed by atoms with Crippen molar-refractivity contribution >= 4 is 11.8 Å². The van der Waals surface area contributed by atoms with E-state index in [4.69, 9.17) is 14.7 Å². The van der Waals surface area contributed by atoms with E-state index in [1.54, 1.807) is 0 Å². The lowest BCUT2D eigenvalue weighted by atomic mass is 9.93. The highest BCUT2D eigenvalue weighted by Gasteiger charge is 2.45. The molecule has 0 N–H and O–H groups in total. The summed E-state index contributed by atoms with van der Waals surface area (Å²) in [5, 5.41) is 9.13. The Bertz CT molecular complexity index is 578. The van der Waals surface area contributed by atoms with E-state index in [2.05, 4.69) is 0 Å². The number of nitrogens with zero attached hydrogens (tertiary/aromatic N) is 1. The van der Waals surface area contributed by atoms with Crippen LogP contribution in [0.2, 0.25) is 0 Å². The lowest BCUT2D eigenvalue weighted by molar-refractivity contribution is -0.155. The van der Waals surface area contributed by atoms with Crippen molar-refractivity contribution in [3.63, 3.8) is 0 Å². The molecule has 1 saturated carbocycles. The molecule has 1 aromatic rings. The van der Waals surface area contributed by atoms with Crippen molar-refractivity contribution in [1.82, 2.24) is 0 Å². The molecule has 0 saturated heterocycles. The largest absolute Gasteiger partial charge is 0.447 e. The van der Waals surface area contributed by atoms with Crippen LogP contribution in [-0.4, -0.2) is 23.5 Å². The second-order valence-corrected chi connectivity index (χ2v) is 5.48. The monoisotopic (exact) mass is 301 g/mol. The van der Waals surface area contributed by atoms with Crippen LogP contribution in [0.3, 0.4) is 0 Å². The molecule has 1 aliphatic carbocycles. The molecule has 1 aromatic carbocycles. The summed E-state index contributed by atoms with van der Waals surface area (Å²) >= 11 is 0. The van der Waals surface area contributed by atoms with Crippen molar-refractivity contribution in [2.75, 3.05) is 0 Å². The van der Waals surface area contributed by atoms with Crippen molar-refractivity contribution in [3.05, 3.63) is 35.9 Å². The van der Waals surface area contributed by atoms with Gasteiger partial charge in [0.1, 0.15) is 11.7 Å².